The van der Waals surface area contributed by atoms with Gasteiger partial charge in [0.2, 0.25) is 15.9 Å². The van der Waals surface area contributed by atoms with E-state index in [2.05, 4.69) is 15.1 Å². The predicted molar refractivity (Wildman–Crippen MR) is 103 cm³/mol. The van der Waals surface area contributed by atoms with E-state index >= 15 is 0 Å². The van der Waals surface area contributed by atoms with Crippen LogP contribution in [0.15, 0.2) is 18.3 Å². The van der Waals surface area contributed by atoms with Crippen molar-refractivity contribution in [3.63, 3.8) is 0 Å². The Morgan fingerprint density at radius 3 is 2.58 bits per heavy atom. The Morgan fingerprint density at radius 1 is 1.31 bits per heavy atom. The van der Waals surface area contributed by atoms with Crippen molar-refractivity contribution in [3.8, 4) is 0 Å². The zero-order valence-electron chi connectivity index (χ0n) is 15.8. The Hall–Kier alpha value is -2.13. The number of fused-ring (bicyclic) bond motifs is 1. The summed E-state index contributed by atoms with van der Waals surface area (Å²) < 4.78 is 25.7. The number of hydrogen-bond donors (Lipinski definition) is 1. The zero-order valence-corrected chi connectivity index (χ0v) is 16.6. The molecular formula is C17H25N5O3S. The molecule has 0 unspecified atom stereocenters. The van der Waals surface area contributed by atoms with Crippen molar-refractivity contribution < 1.29 is 13.2 Å². The third kappa shape index (κ3) is 3.28. The quantitative estimate of drug-likeness (QED) is 0.871. The van der Waals surface area contributed by atoms with Crippen LogP contribution in [0.1, 0.15) is 20.8 Å². The van der Waals surface area contributed by atoms with Crippen LogP contribution in [-0.4, -0.2) is 67.3 Å². The monoisotopic (exact) mass is 379 g/mol. The lowest BCUT2D eigenvalue weighted by Gasteiger charge is -2.46. The van der Waals surface area contributed by atoms with Crippen LogP contribution in [0.4, 0.5) is 11.4 Å². The van der Waals surface area contributed by atoms with Crippen LogP contribution in [0.5, 0.6) is 0 Å². The maximum atomic E-state index is 12.1. The second-order valence-corrected chi connectivity index (χ2v) is 9.35. The Balaban J connectivity index is 2.03. The summed E-state index contributed by atoms with van der Waals surface area (Å²) in [5.74, 6) is -0.0583. The molecule has 2 aromatic rings. The van der Waals surface area contributed by atoms with Crippen molar-refractivity contribution >= 4 is 38.2 Å². The summed E-state index contributed by atoms with van der Waals surface area (Å²) in [6.07, 6.45) is 3.01. The minimum atomic E-state index is -3.27. The fourth-order valence-electron chi connectivity index (χ4n) is 3.61. The van der Waals surface area contributed by atoms with Gasteiger partial charge >= 0.3 is 0 Å². The zero-order chi connectivity index (χ0) is 19.3. The molecule has 0 saturated carbocycles. The molecule has 3 rings (SSSR count). The molecule has 0 bridgehead atoms. The third-order valence-corrected chi connectivity index (χ3v) is 6.43. The second-order valence-electron chi connectivity index (χ2n) is 7.44. The highest BCUT2D eigenvalue weighted by Gasteiger charge is 2.39. The number of piperazine rings is 1. The van der Waals surface area contributed by atoms with E-state index in [9.17, 15) is 13.2 Å². The van der Waals surface area contributed by atoms with Crippen molar-refractivity contribution in [1.29, 1.82) is 0 Å². The van der Waals surface area contributed by atoms with Gasteiger partial charge in [0.05, 0.1) is 18.0 Å². The number of aromatic nitrogens is 2. The smallest absolute Gasteiger partial charge is 0.223 e. The topological polar surface area (TPSA) is 89.6 Å². The van der Waals surface area contributed by atoms with Gasteiger partial charge in [-0.15, -0.1) is 0 Å². The minimum Gasteiger partial charge on any atom is -0.368 e. The van der Waals surface area contributed by atoms with Gasteiger partial charge in [-0.05, 0) is 26.0 Å². The number of amides is 1. The van der Waals surface area contributed by atoms with Crippen LogP contribution in [-0.2, 0) is 14.8 Å². The molecule has 1 amide bonds. The third-order valence-electron chi connectivity index (χ3n) is 4.95. The first kappa shape index (κ1) is 18.7. The molecule has 9 heteroatoms. The number of anilines is 2. The number of hydrogen-bond acceptors (Lipinski definition) is 5. The number of sulfonamides is 1. The number of carbonyl (C=O) groups excluding carboxylic acids is 1. The number of nitrogens with one attached hydrogen (secondary N) is 1. The molecule has 1 N–H and O–H groups in total. The molecule has 0 spiro atoms. The van der Waals surface area contributed by atoms with Crippen LogP contribution in [0.2, 0.25) is 0 Å². The summed E-state index contributed by atoms with van der Waals surface area (Å²) in [6.45, 7) is 6.91. The number of benzene rings is 1. The Bertz CT molecular complexity index is 950. The molecule has 26 heavy (non-hydrogen) atoms. The molecule has 0 radical (unpaired) electrons. The highest BCUT2D eigenvalue weighted by atomic mass is 32.2. The van der Waals surface area contributed by atoms with E-state index < -0.39 is 15.6 Å². The van der Waals surface area contributed by atoms with Gasteiger partial charge in [-0.3, -0.25) is 9.89 Å². The Labute approximate surface area is 153 Å². The lowest BCUT2D eigenvalue weighted by Crippen LogP contribution is -2.60. The first-order chi connectivity index (χ1) is 12.0. The maximum Gasteiger partial charge on any atom is 0.223 e. The lowest BCUT2D eigenvalue weighted by molar-refractivity contribution is -0.116. The molecule has 1 aromatic heterocycles. The number of carbonyl (C=O) groups is 1. The summed E-state index contributed by atoms with van der Waals surface area (Å²) >= 11 is 0. The standard InChI is InChI=1S/C17H25N5O3S/c1-12(23)20(4)13-8-15-14(10-18-19-15)16(9-13)21-6-7-22(26(5,24)25)17(2,3)11-21/h8-10H,6-7,11H2,1-5H3,(H,18,19). The van der Waals surface area contributed by atoms with Crippen LogP contribution < -0.4 is 9.80 Å². The van der Waals surface area contributed by atoms with Gasteiger partial charge < -0.3 is 9.80 Å². The Morgan fingerprint density at radius 2 is 2.00 bits per heavy atom. The molecule has 1 aliphatic rings. The number of nitrogens with zero attached hydrogens (tertiary/aromatic N) is 4. The number of rotatable bonds is 3. The molecular weight excluding hydrogens is 354 g/mol. The summed E-state index contributed by atoms with van der Waals surface area (Å²) in [5, 5.41) is 8.05. The normalized spacial score (nSPS) is 18.3. The molecule has 8 nitrogen and oxygen atoms in total. The Kier molecular flexibility index (Phi) is 4.48. The van der Waals surface area contributed by atoms with Crippen molar-refractivity contribution in [2.75, 3.05) is 42.7 Å². The lowest BCUT2D eigenvalue weighted by atomic mass is 10.0. The highest BCUT2D eigenvalue weighted by molar-refractivity contribution is 7.88. The van der Waals surface area contributed by atoms with Gasteiger partial charge in [0.15, 0.2) is 0 Å². The van der Waals surface area contributed by atoms with Crippen molar-refractivity contribution in [3.05, 3.63) is 18.3 Å². The number of aromatic amines is 1. The fourth-order valence-corrected chi connectivity index (χ4v) is 4.98. The van der Waals surface area contributed by atoms with Gasteiger partial charge in [0.1, 0.15) is 0 Å². The van der Waals surface area contributed by atoms with E-state index in [4.69, 9.17) is 0 Å². The van der Waals surface area contributed by atoms with E-state index in [0.29, 0.717) is 19.6 Å². The molecule has 1 fully saturated rings. The second kappa shape index (κ2) is 6.24. The average Bonchev–Trinajstić information content (AvgIpc) is 2.99. The summed E-state index contributed by atoms with van der Waals surface area (Å²) in [4.78, 5) is 15.5. The number of H-pyrrole nitrogens is 1. The maximum absolute atomic E-state index is 12.1. The van der Waals surface area contributed by atoms with Gasteiger partial charge in [-0.1, -0.05) is 0 Å². The molecule has 0 atom stereocenters. The van der Waals surface area contributed by atoms with Crippen molar-refractivity contribution in [2.45, 2.75) is 26.3 Å². The summed E-state index contributed by atoms with van der Waals surface area (Å²) in [5.41, 5.74) is 2.02. The van der Waals surface area contributed by atoms with Crippen LogP contribution in [0.25, 0.3) is 10.9 Å². The van der Waals surface area contributed by atoms with Gasteiger partial charge in [0.25, 0.3) is 0 Å². The van der Waals surface area contributed by atoms with E-state index in [1.54, 1.807) is 22.4 Å². The van der Waals surface area contributed by atoms with Crippen LogP contribution >= 0.6 is 0 Å². The molecule has 1 aliphatic heterocycles. The van der Waals surface area contributed by atoms with Crippen LogP contribution in [0.3, 0.4) is 0 Å². The molecule has 1 saturated heterocycles. The predicted octanol–water partition coefficient (Wildman–Crippen LogP) is 1.41. The van der Waals surface area contributed by atoms with E-state index in [0.717, 1.165) is 22.3 Å². The first-order valence-corrected chi connectivity index (χ1v) is 10.3. The average molecular weight is 379 g/mol. The van der Waals surface area contributed by atoms with E-state index in [1.807, 2.05) is 26.0 Å². The first-order valence-electron chi connectivity index (χ1n) is 8.45. The SMILES string of the molecule is CC(=O)N(C)c1cc(N2CCN(S(C)(=O)=O)C(C)(C)C2)c2cn[nH]c2c1. The van der Waals surface area contributed by atoms with Crippen molar-refractivity contribution in [1.82, 2.24) is 14.5 Å². The van der Waals surface area contributed by atoms with Gasteiger partial charge in [-0.25, -0.2) is 8.42 Å². The fraction of sp³-hybridized carbons (Fsp3) is 0.529. The minimum absolute atomic E-state index is 0.0583. The largest absolute Gasteiger partial charge is 0.368 e. The van der Waals surface area contributed by atoms with E-state index in [1.165, 1.54) is 13.2 Å². The van der Waals surface area contributed by atoms with Gasteiger partial charge in [-0.2, -0.15) is 9.40 Å². The summed E-state index contributed by atoms with van der Waals surface area (Å²) in [7, 11) is -1.54. The molecule has 0 aliphatic carbocycles. The molecule has 1 aromatic carbocycles. The van der Waals surface area contributed by atoms with Crippen molar-refractivity contribution in [2.24, 2.45) is 0 Å². The highest BCUT2D eigenvalue weighted by Crippen LogP contribution is 2.35. The molecule has 2 heterocycles. The van der Waals surface area contributed by atoms with E-state index in [-0.39, 0.29) is 5.91 Å². The molecule has 142 valence electrons. The summed E-state index contributed by atoms with van der Waals surface area (Å²) in [6, 6.07) is 3.86. The van der Waals surface area contributed by atoms with Gasteiger partial charge in [0, 0.05) is 55.9 Å². The van der Waals surface area contributed by atoms with Crippen LogP contribution in [0, 0.1) is 0 Å².